The third-order valence-corrected chi connectivity index (χ3v) is 3.11. The predicted octanol–water partition coefficient (Wildman–Crippen LogP) is 3.72. The van der Waals surface area contributed by atoms with Crippen LogP contribution in [0, 0.1) is 5.92 Å². The fourth-order valence-electron chi connectivity index (χ4n) is 1.41. The second-order valence-corrected chi connectivity index (χ2v) is 7.29. The molecule has 16 heavy (non-hydrogen) atoms. The van der Waals surface area contributed by atoms with Crippen molar-refractivity contribution in [2.75, 3.05) is 12.4 Å². The van der Waals surface area contributed by atoms with Gasteiger partial charge < -0.3 is 5.11 Å². The van der Waals surface area contributed by atoms with Crippen molar-refractivity contribution in [2.45, 2.75) is 58.4 Å². The maximum absolute atomic E-state index is 8.90. The Morgan fingerprint density at radius 1 is 1.12 bits per heavy atom. The smallest absolute Gasteiger partial charge is 0.124 e. The Bertz CT molecular complexity index is 224. The van der Waals surface area contributed by atoms with Gasteiger partial charge in [0, 0.05) is 5.75 Å². The van der Waals surface area contributed by atoms with Gasteiger partial charge >= 0.3 is 0 Å². The zero-order valence-electron chi connectivity index (χ0n) is 11.4. The lowest BCUT2D eigenvalue weighted by Crippen LogP contribution is -2.22. The molecule has 0 aliphatic carbocycles. The largest absolute Gasteiger partial charge is 0.396 e. The molecule has 0 saturated heterocycles. The van der Waals surface area contributed by atoms with Crippen LogP contribution >= 0.6 is 11.8 Å². The molecule has 0 aliphatic rings. The first-order valence-electron chi connectivity index (χ1n) is 5.87. The molecule has 1 N–H and O–H groups in total. The van der Waals surface area contributed by atoms with Crippen LogP contribution in [0.4, 0.5) is 0 Å². The molecule has 3 nitrogen and oxygen atoms in total. The molecule has 96 valence electrons. The van der Waals surface area contributed by atoms with Crippen LogP contribution in [-0.2, 0) is 0 Å². The van der Waals surface area contributed by atoms with Crippen molar-refractivity contribution in [3.8, 4) is 0 Å². The Labute approximate surface area is 104 Å². The summed E-state index contributed by atoms with van der Waals surface area (Å²) in [6, 6.07) is 0. The topological polar surface area (TPSA) is 45.0 Å². The average Bonchev–Trinajstić information content (AvgIpc) is 2.10. The number of aliphatic hydroxyl groups is 1. The molecule has 4 heteroatoms. The molecule has 0 spiro atoms. The van der Waals surface area contributed by atoms with Crippen molar-refractivity contribution in [3.05, 3.63) is 0 Å². The molecule has 0 rings (SSSR count). The van der Waals surface area contributed by atoms with Crippen molar-refractivity contribution in [2.24, 2.45) is 16.1 Å². The summed E-state index contributed by atoms with van der Waals surface area (Å²) in [5, 5.41) is 17.7. The molecule has 1 atom stereocenters. The number of hydrogen-bond donors (Lipinski definition) is 1. The molecule has 0 radical (unpaired) electrons. The molecular weight excluding hydrogens is 220 g/mol. The van der Waals surface area contributed by atoms with Gasteiger partial charge in [0.1, 0.15) is 4.87 Å². The number of nitrogens with zero attached hydrogens (tertiary/aromatic N) is 2. The number of rotatable bonds is 6. The first-order chi connectivity index (χ1) is 7.18. The Morgan fingerprint density at radius 3 is 2.06 bits per heavy atom. The van der Waals surface area contributed by atoms with E-state index < -0.39 is 0 Å². The summed E-state index contributed by atoms with van der Waals surface area (Å²) in [6.07, 6.45) is 0.983. The molecule has 0 aromatic heterocycles. The third kappa shape index (κ3) is 8.11. The zero-order valence-corrected chi connectivity index (χ0v) is 12.3. The molecule has 0 aromatic carbocycles. The van der Waals surface area contributed by atoms with Gasteiger partial charge in [-0.25, -0.2) is 0 Å². The van der Waals surface area contributed by atoms with Gasteiger partial charge in [0.2, 0.25) is 0 Å². The van der Waals surface area contributed by atoms with E-state index in [-0.39, 0.29) is 17.0 Å². The van der Waals surface area contributed by atoms with Gasteiger partial charge in [-0.1, -0.05) is 13.8 Å². The molecule has 0 heterocycles. The van der Waals surface area contributed by atoms with E-state index in [9.17, 15) is 0 Å². The number of azo groups is 1. The summed E-state index contributed by atoms with van der Waals surface area (Å²) in [6.45, 7) is 12.8. The Kier molecular flexibility index (Phi) is 6.56. The molecular formula is C12H26N2OS. The van der Waals surface area contributed by atoms with Crippen LogP contribution in [0.3, 0.4) is 0 Å². The summed E-state index contributed by atoms with van der Waals surface area (Å²) in [7, 11) is 0. The van der Waals surface area contributed by atoms with Crippen LogP contribution in [0.25, 0.3) is 0 Å². The maximum Gasteiger partial charge on any atom is 0.124 e. The molecule has 0 saturated carbocycles. The number of hydrogen-bond acceptors (Lipinski definition) is 4. The van der Waals surface area contributed by atoms with E-state index in [0.717, 1.165) is 6.42 Å². The lowest BCUT2D eigenvalue weighted by molar-refractivity contribution is 0.321. The second kappa shape index (κ2) is 6.60. The van der Waals surface area contributed by atoms with E-state index in [4.69, 9.17) is 5.11 Å². The van der Waals surface area contributed by atoms with Gasteiger partial charge in [-0.15, -0.1) is 11.8 Å². The highest BCUT2D eigenvalue weighted by atomic mass is 32.2. The van der Waals surface area contributed by atoms with Crippen molar-refractivity contribution in [1.29, 1.82) is 0 Å². The van der Waals surface area contributed by atoms with Crippen LogP contribution < -0.4 is 0 Å². The normalized spacial score (nSPS) is 17.0. The van der Waals surface area contributed by atoms with Gasteiger partial charge in [-0.2, -0.15) is 10.2 Å². The highest BCUT2D eigenvalue weighted by Gasteiger charge is 2.26. The highest BCUT2D eigenvalue weighted by Crippen LogP contribution is 2.34. The maximum atomic E-state index is 8.90. The summed E-state index contributed by atoms with van der Waals surface area (Å²) in [5.74, 6) is 1.29. The number of thioether (sulfide) groups is 1. The molecule has 0 bridgehead atoms. The first-order valence-corrected chi connectivity index (χ1v) is 6.86. The van der Waals surface area contributed by atoms with Gasteiger partial charge in [-0.3, -0.25) is 0 Å². The van der Waals surface area contributed by atoms with E-state index in [2.05, 4.69) is 31.0 Å². The zero-order chi connectivity index (χ0) is 12.8. The lowest BCUT2D eigenvalue weighted by Gasteiger charge is -2.26. The molecule has 1 unspecified atom stereocenters. The fourth-order valence-corrected chi connectivity index (χ4v) is 2.49. The average molecular weight is 246 g/mol. The molecule has 0 aliphatic heterocycles. The van der Waals surface area contributed by atoms with Crippen LogP contribution in [-0.4, -0.2) is 27.9 Å². The first kappa shape index (κ1) is 15.9. The van der Waals surface area contributed by atoms with Gasteiger partial charge in [-0.05, 0) is 40.0 Å². The summed E-state index contributed by atoms with van der Waals surface area (Å²) < 4.78 is 0. The second-order valence-electron chi connectivity index (χ2n) is 5.72. The fraction of sp³-hybridized carbons (Fsp3) is 1.00. The summed E-state index contributed by atoms with van der Waals surface area (Å²) in [5.41, 5.74) is -0.127. The Morgan fingerprint density at radius 2 is 1.69 bits per heavy atom. The molecule has 0 fully saturated rings. The standard InChI is InChI=1S/C12H26N2OS/c1-10(2)9-12(6,16-8-7-15)14-13-11(3,4)5/h10,15H,7-9H2,1-6H3/b14-13+. The van der Waals surface area contributed by atoms with Crippen LogP contribution in [0.5, 0.6) is 0 Å². The van der Waals surface area contributed by atoms with Crippen molar-refractivity contribution in [1.82, 2.24) is 0 Å². The van der Waals surface area contributed by atoms with Gasteiger partial charge in [0.25, 0.3) is 0 Å². The lowest BCUT2D eigenvalue weighted by atomic mass is 10.1. The minimum atomic E-state index is -0.204. The summed E-state index contributed by atoms with van der Waals surface area (Å²) >= 11 is 1.68. The Balaban J connectivity index is 4.58. The minimum absolute atomic E-state index is 0.127. The van der Waals surface area contributed by atoms with E-state index in [1.165, 1.54) is 0 Å². The highest BCUT2D eigenvalue weighted by molar-refractivity contribution is 8.00. The van der Waals surface area contributed by atoms with Crippen molar-refractivity contribution in [3.63, 3.8) is 0 Å². The van der Waals surface area contributed by atoms with E-state index >= 15 is 0 Å². The Hall–Kier alpha value is -0.0900. The quantitative estimate of drug-likeness (QED) is 0.726. The van der Waals surface area contributed by atoms with E-state index in [1.54, 1.807) is 11.8 Å². The monoisotopic (exact) mass is 246 g/mol. The summed E-state index contributed by atoms with van der Waals surface area (Å²) in [4.78, 5) is -0.204. The third-order valence-electron chi connectivity index (χ3n) is 1.85. The van der Waals surface area contributed by atoms with E-state index in [0.29, 0.717) is 11.7 Å². The SMILES string of the molecule is CC(C)CC(C)(/N=N/C(C)(C)C)SCCO. The van der Waals surface area contributed by atoms with Crippen molar-refractivity contribution >= 4 is 11.8 Å². The molecule has 0 amide bonds. The van der Waals surface area contributed by atoms with Crippen LogP contribution in [0.1, 0.15) is 48.0 Å². The minimum Gasteiger partial charge on any atom is -0.396 e. The van der Waals surface area contributed by atoms with Crippen LogP contribution in [0.2, 0.25) is 0 Å². The predicted molar refractivity (Wildman–Crippen MR) is 72.0 cm³/mol. The van der Waals surface area contributed by atoms with Crippen molar-refractivity contribution < 1.29 is 5.11 Å². The van der Waals surface area contributed by atoms with Gasteiger partial charge in [0.15, 0.2) is 0 Å². The molecule has 0 aromatic rings. The van der Waals surface area contributed by atoms with Gasteiger partial charge in [0.05, 0.1) is 12.1 Å². The number of aliphatic hydroxyl groups excluding tert-OH is 1. The van der Waals surface area contributed by atoms with Crippen LogP contribution in [0.15, 0.2) is 10.2 Å². The van der Waals surface area contributed by atoms with E-state index in [1.807, 2.05) is 20.8 Å².